The zero-order valence-electron chi connectivity index (χ0n) is 52.0. The van der Waals surface area contributed by atoms with E-state index in [2.05, 4.69) is 52.5 Å². The first-order valence-corrected chi connectivity index (χ1v) is 30.4. The summed E-state index contributed by atoms with van der Waals surface area (Å²) in [5.41, 5.74) is 18.9. The van der Waals surface area contributed by atoms with Crippen molar-refractivity contribution in [1.29, 1.82) is 0 Å². The molecule has 5 aromatic rings. The number of likely N-dealkylation sites (N-methyl/N-ethyl adjacent to an activating group) is 1. The number of aliphatic hydroxyl groups excluding tert-OH is 2. The van der Waals surface area contributed by atoms with Gasteiger partial charge in [0.25, 0.3) is 0 Å². The van der Waals surface area contributed by atoms with E-state index in [9.17, 15) is 63.3 Å². The average Bonchev–Trinajstić information content (AvgIpc) is 1.82. The van der Waals surface area contributed by atoms with E-state index in [0.29, 0.717) is 47.0 Å². The zero-order chi connectivity index (χ0) is 66.9. The minimum Gasteiger partial charge on any atom is -0.508 e. The lowest BCUT2D eigenvalue weighted by Crippen LogP contribution is -2.62. The first kappa shape index (κ1) is 73.9. The Labute approximate surface area is 544 Å². The Morgan fingerprint density at radius 2 is 1.25 bits per heavy atom. The van der Waals surface area contributed by atoms with Gasteiger partial charge in [0, 0.05) is 56.0 Å². The van der Waals surface area contributed by atoms with Crippen molar-refractivity contribution < 1.29 is 68.0 Å². The number of H-pyrrole nitrogens is 1. The number of phenolic OH excluding ortho intramolecular Hbond substituents is 1. The summed E-state index contributed by atoms with van der Waals surface area (Å²) in [4.78, 5) is 149. The predicted molar refractivity (Wildman–Crippen MR) is 346 cm³/mol. The Hall–Kier alpha value is -9.80. The van der Waals surface area contributed by atoms with Crippen LogP contribution < -0.4 is 59.7 Å². The molecule has 0 aliphatic carbocycles. The van der Waals surface area contributed by atoms with Gasteiger partial charge < -0.3 is 89.7 Å². The number of hydrogen-bond donors (Lipinski definition) is 15. The molecule has 1 aromatic heterocycles. The molecule has 1 aliphatic heterocycles. The minimum atomic E-state index is -1.92. The minimum absolute atomic E-state index is 0. The predicted octanol–water partition coefficient (Wildman–Crippen LogP) is 0.502. The van der Waals surface area contributed by atoms with Gasteiger partial charge in [-0.05, 0) is 91.8 Å². The number of nitrogens with one attached hydrogen (secondary N) is 9. The van der Waals surface area contributed by atoms with Gasteiger partial charge >= 0.3 is 6.09 Å². The lowest BCUT2D eigenvalue weighted by molar-refractivity contribution is -0.142. The summed E-state index contributed by atoms with van der Waals surface area (Å²) < 4.78 is 5.33. The number of halogens is 1. The van der Waals surface area contributed by atoms with Crippen LogP contribution in [-0.4, -0.2) is 165 Å². The molecule has 0 radical (unpaired) electrons. The Bertz CT molecular complexity index is 3350. The second-order valence-corrected chi connectivity index (χ2v) is 22.7. The molecule has 4 aromatic carbocycles. The van der Waals surface area contributed by atoms with Crippen LogP contribution in [0, 0.1) is 5.92 Å². The molecule has 29 heteroatoms. The number of nitrogens with zero attached hydrogens (tertiary/aromatic N) is 2. The van der Waals surface area contributed by atoms with E-state index in [1.165, 1.54) is 41.3 Å². The van der Waals surface area contributed by atoms with Gasteiger partial charge in [0.15, 0.2) is 5.96 Å². The average molecular weight is 1310 g/mol. The van der Waals surface area contributed by atoms with Crippen LogP contribution in [0.3, 0.4) is 0 Å². The molecule has 9 atom stereocenters. The van der Waals surface area contributed by atoms with Crippen molar-refractivity contribution in [3.05, 3.63) is 138 Å². The molecule has 502 valence electrons. The van der Waals surface area contributed by atoms with Crippen LogP contribution >= 0.6 is 12.4 Å². The van der Waals surface area contributed by atoms with Gasteiger partial charge in [-0.3, -0.25) is 48.1 Å². The highest BCUT2D eigenvalue weighted by molar-refractivity contribution is 5.99. The third-order valence-corrected chi connectivity index (χ3v) is 15.2. The maximum absolute atomic E-state index is 14.9. The largest absolute Gasteiger partial charge is 0.508 e. The number of aromatic nitrogens is 1. The number of nitrogens with two attached hydrogens (primary N) is 3. The van der Waals surface area contributed by atoms with Crippen molar-refractivity contribution >= 4 is 88.5 Å². The fourth-order valence-corrected chi connectivity index (χ4v) is 10.5. The van der Waals surface area contributed by atoms with Gasteiger partial charge in [-0.15, -0.1) is 12.4 Å². The second-order valence-electron chi connectivity index (χ2n) is 22.7. The number of aliphatic imine (C=N–C) groups is 1. The van der Waals surface area contributed by atoms with Crippen LogP contribution in [0.4, 0.5) is 4.79 Å². The van der Waals surface area contributed by atoms with E-state index < -0.39 is 114 Å². The van der Waals surface area contributed by atoms with Crippen molar-refractivity contribution in [3.8, 4) is 5.75 Å². The SMILES string of the molecule is CCNC(=O)[C@@H]1CCCN1C(=O)[C@H](CCCN=C(N)N)NC(=O)[C@H](CC(C)C)NC(=O)[C@H](NC(=O)[C@H](Cc1ccc(O)cc1)NC(=O)[C@H](CO)NC(=O)[C@H](Cc1c[nH]c2ccccc12)NC(=O)[C@H](CCC(N)=O)NC(=O)OCc1ccccc1)[C@@H](O)c1ccccc1.Cl. The van der Waals surface area contributed by atoms with E-state index >= 15 is 0 Å². The summed E-state index contributed by atoms with van der Waals surface area (Å²) in [6.07, 6.45) is -1.38. The van der Waals surface area contributed by atoms with Crippen LogP contribution in [0.5, 0.6) is 5.75 Å². The van der Waals surface area contributed by atoms with Gasteiger partial charge in [-0.25, -0.2) is 4.79 Å². The number of alkyl carbamates (subject to hydrolysis) is 1. The Morgan fingerprint density at radius 3 is 1.89 bits per heavy atom. The lowest BCUT2D eigenvalue weighted by Gasteiger charge is -2.31. The third-order valence-electron chi connectivity index (χ3n) is 15.2. The summed E-state index contributed by atoms with van der Waals surface area (Å²) in [7, 11) is 0. The van der Waals surface area contributed by atoms with E-state index in [1.807, 2.05) is 0 Å². The summed E-state index contributed by atoms with van der Waals surface area (Å²) in [6.45, 7) is 4.71. The molecule has 1 aliphatic rings. The van der Waals surface area contributed by atoms with Crippen molar-refractivity contribution in [2.45, 2.75) is 140 Å². The number of aromatic hydroxyl groups is 1. The van der Waals surface area contributed by atoms with E-state index in [4.69, 9.17) is 21.9 Å². The number of fused-ring (bicyclic) bond motifs is 1. The summed E-state index contributed by atoms with van der Waals surface area (Å²) in [5, 5.41) is 54.5. The number of aromatic amines is 1. The fraction of sp³-hybridized carbons (Fsp3) is 0.422. The normalized spacial score (nSPS) is 15.2. The highest BCUT2D eigenvalue weighted by Gasteiger charge is 2.40. The van der Waals surface area contributed by atoms with Crippen LogP contribution in [0.15, 0.2) is 120 Å². The number of aliphatic hydroxyl groups is 2. The monoisotopic (exact) mass is 1310 g/mol. The maximum Gasteiger partial charge on any atom is 0.408 e. The molecule has 6 rings (SSSR count). The number of primary amides is 1. The molecule has 93 heavy (non-hydrogen) atoms. The number of hydrogen-bond acceptors (Lipinski definition) is 15. The first-order valence-electron chi connectivity index (χ1n) is 30.4. The summed E-state index contributed by atoms with van der Waals surface area (Å²) in [6, 6.07) is 17.1. The molecule has 18 N–H and O–H groups in total. The molecule has 0 unspecified atom stereocenters. The molecule has 2 heterocycles. The number of benzene rings is 4. The van der Waals surface area contributed by atoms with Crippen LogP contribution in [0.25, 0.3) is 10.9 Å². The van der Waals surface area contributed by atoms with Crippen molar-refractivity contribution in [2.24, 2.45) is 28.1 Å². The molecule has 0 spiro atoms. The molecule has 28 nitrogen and oxygen atoms in total. The van der Waals surface area contributed by atoms with Crippen molar-refractivity contribution in [2.75, 3.05) is 26.2 Å². The summed E-state index contributed by atoms with van der Waals surface area (Å²) >= 11 is 0. The fourth-order valence-electron chi connectivity index (χ4n) is 10.5. The Morgan fingerprint density at radius 1 is 0.667 bits per heavy atom. The molecule has 1 saturated heterocycles. The van der Waals surface area contributed by atoms with Gasteiger partial charge in [-0.1, -0.05) is 105 Å². The van der Waals surface area contributed by atoms with Gasteiger partial charge in [-0.2, -0.15) is 0 Å². The van der Waals surface area contributed by atoms with Gasteiger partial charge in [0.05, 0.1) is 6.61 Å². The zero-order valence-corrected chi connectivity index (χ0v) is 52.8. The van der Waals surface area contributed by atoms with Crippen LogP contribution in [0.1, 0.15) is 94.1 Å². The Balaban J connectivity index is 0.0000157. The number of para-hydroxylation sites is 1. The van der Waals surface area contributed by atoms with Gasteiger partial charge in [0.2, 0.25) is 53.2 Å². The van der Waals surface area contributed by atoms with Crippen molar-refractivity contribution in [1.82, 2.24) is 52.4 Å². The van der Waals surface area contributed by atoms with Gasteiger partial charge in [0.1, 0.15) is 66.8 Å². The number of likely N-dealkylation sites (tertiary alicyclic amines) is 1. The molecule has 0 saturated carbocycles. The molecular weight excluding hydrogens is 1220 g/mol. The molecule has 1 fully saturated rings. The molecular formula is C64H85ClN14O14. The van der Waals surface area contributed by atoms with Crippen molar-refractivity contribution in [3.63, 3.8) is 0 Å². The lowest BCUT2D eigenvalue weighted by atomic mass is 9.98. The number of rotatable bonds is 34. The molecule has 10 amide bonds. The second kappa shape index (κ2) is 36.9. The number of carbonyl (C=O) groups is 10. The van der Waals surface area contributed by atoms with Crippen LogP contribution in [-0.2, 0) is 67.3 Å². The third kappa shape index (κ3) is 22.8. The topological polar surface area (TPSA) is 446 Å². The van der Waals surface area contributed by atoms with E-state index in [1.54, 1.807) is 99.8 Å². The number of amides is 10. The highest BCUT2D eigenvalue weighted by atomic mass is 35.5. The smallest absolute Gasteiger partial charge is 0.408 e. The first-order chi connectivity index (χ1) is 44.0. The quantitative estimate of drug-likeness (QED) is 0.0152. The molecule has 0 bridgehead atoms. The number of carbonyl (C=O) groups excluding carboxylic acids is 10. The number of ether oxygens (including phenoxy) is 1. The maximum atomic E-state index is 14.9. The highest BCUT2D eigenvalue weighted by Crippen LogP contribution is 2.23. The summed E-state index contributed by atoms with van der Waals surface area (Å²) in [5.74, 6) is -8.40. The van der Waals surface area contributed by atoms with E-state index in [-0.39, 0.29) is 106 Å². The number of phenols is 1. The Kier molecular flexibility index (Phi) is 29.3. The van der Waals surface area contributed by atoms with E-state index in [0.717, 1.165) is 0 Å². The van der Waals surface area contributed by atoms with Crippen LogP contribution in [0.2, 0.25) is 0 Å². The standard InChI is InChI=1S/C64H84N14O14.ClH/c1-4-68-60(88)51-22-14-30-78(51)62(90)46(21-13-29-69-63(66)67)71-56(84)47(31-37(2)3)74-61(89)53(54(82)40-17-9-6-10-18-40)77-58(86)48(32-38-23-25-42(80)26-24-38)72-59(87)50(35-79)75-57(85)49(33-41-34-70-44-20-12-11-19-43(41)44)73-55(83)45(27-28-52(65)81)76-64(91)92-36-39-15-7-5-8-16-39;/h5-12,15-20,23-26,34,37,45-51,53-54,70,79-80,82H,4,13-14,21-22,27-33,35-36H2,1-3H3,(H2,65,81)(H,68,88)(H,71,84)(H,72,87)(H,73,83)(H,74,89)(H,75,85)(H,76,91)(H,77,86)(H4,66,67,69);1H/t45-,46-,47-,48-,49-,50-,51-,53+,54-;/m0./s1. The number of guanidine groups is 1.